The Labute approximate surface area is 208 Å². The van der Waals surface area contributed by atoms with Gasteiger partial charge in [-0.15, -0.1) is 0 Å². The van der Waals surface area contributed by atoms with Crippen LogP contribution in [0.3, 0.4) is 0 Å². The molecular formula is C22H21B3ClF2N3O4. The largest absolute Gasteiger partial charge is 0.384 e. The lowest BCUT2D eigenvalue weighted by Gasteiger charge is -2.29. The van der Waals surface area contributed by atoms with Gasteiger partial charge in [-0.05, 0) is 35.7 Å². The highest BCUT2D eigenvalue weighted by atomic mass is 35.5. The van der Waals surface area contributed by atoms with Crippen molar-refractivity contribution in [2.75, 3.05) is 0 Å². The molecule has 0 aliphatic carbocycles. The number of benzene rings is 2. The van der Waals surface area contributed by atoms with E-state index < -0.39 is 23.8 Å². The fraction of sp³-hybridized carbons (Fsp3) is 0.273. The van der Waals surface area contributed by atoms with E-state index in [9.17, 15) is 19.2 Å². The number of nitrogens with one attached hydrogen (secondary N) is 1. The van der Waals surface area contributed by atoms with Crippen LogP contribution in [0.25, 0.3) is 0 Å². The number of hydrogen-bond acceptors (Lipinski definition) is 4. The standard InChI is InChI=1S/C22H21B3ClF2N3O4/c23-14-6-12(26)7-15(24)18(14)22(27,28)21(35)31(25)8-10-1-2-13-11(5-10)9-30(20(13)34)16-3-4-17(32)29-19(16)33/h1-2,5-7,16H,3-4,8-9,23-25H2,(H,29,32,33). The molecule has 1 saturated heterocycles. The molecule has 1 N–H and O–H groups in total. The highest BCUT2D eigenvalue weighted by Crippen LogP contribution is 2.31. The first-order valence-electron chi connectivity index (χ1n) is 11.1. The molecule has 0 radical (unpaired) electrons. The third-order valence-corrected chi connectivity index (χ3v) is 6.65. The van der Waals surface area contributed by atoms with Crippen LogP contribution in [0.15, 0.2) is 30.3 Å². The van der Waals surface area contributed by atoms with Crippen molar-refractivity contribution >= 4 is 69.8 Å². The Hall–Kier alpha value is -3.14. The van der Waals surface area contributed by atoms with Gasteiger partial charge in [0.2, 0.25) is 19.8 Å². The highest BCUT2D eigenvalue weighted by Gasteiger charge is 2.44. The minimum absolute atomic E-state index is 0.0972. The number of piperidine rings is 1. The summed E-state index contributed by atoms with van der Waals surface area (Å²) in [6.07, 6.45) is 0.391. The molecule has 1 atom stereocenters. The fourth-order valence-electron chi connectivity index (χ4n) is 4.82. The van der Waals surface area contributed by atoms with Crippen LogP contribution in [0, 0.1) is 0 Å². The van der Waals surface area contributed by atoms with E-state index in [1.54, 1.807) is 18.2 Å². The van der Waals surface area contributed by atoms with Crippen LogP contribution in [0.4, 0.5) is 8.78 Å². The second kappa shape index (κ2) is 9.15. The number of amides is 4. The number of carbonyl (C=O) groups excluding carboxylic acids is 4. The molecule has 2 aromatic rings. The zero-order chi connectivity index (χ0) is 25.7. The first-order chi connectivity index (χ1) is 16.4. The predicted octanol–water partition coefficient (Wildman–Crippen LogP) is -1.71. The molecule has 2 heterocycles. The van der Waals surface area contributed by atoms with E-state index in [2.05, 4.69) is 5.32 Å². The minimum Gasteiger partial charge on any atom is -0.384 e. The van der Waals surface area contributed by atoms with Gasteiger partial charge in [-0.25, -0.2) is 0 Å². The number of imide groups is 1. The Morgan fingerprint density at radius 1 is 1.17 bits per heavy atom. The summed E-state index contributed by atoms with van der Waals surface area (Å²) in [7, 11) is 4.27. The lowest BCUT2D eigenvalue weighted by atomic mass is 9.78. The molecule has 0 aromatic heterocycles. The summed E-state index contributed by atoms with van der Waals surface area (Å²) in [5.41, 5.74) is 1.70. The van der Waals surface area contributed by atoms with Crippen LogP contribution in [0.5, 0.6) is 0 Å². The molecule has 4 amide bonds. The van der Waals surface area contributed by atoms with Gasteiger partial charge in [0.15, 0.2) is 0 Å². The average molecular weight is 497 g/mol. The van der Waals surface area contributed by atoms with Gasteiger partial charge in [0.05, 0.1) is 0 Å². The molecule has 35 heavy (non-hydrogen) atoms. The summed E-state index contributed by atoms with van der Waals surface area (Å²) >= 11 is 5.95. The van der Waals surface area contributed by atoms with Gasteiger partial charge in [-0.2, -0.15) is 8.78 Å². The summed E-state index contributed by atoms with van der Waals surface area (Å²) < 4.78 is 30.4. The van der Waals surface area contributed by atoms with E-state index in [-0.39, 0.29) is 54.2 Å². The van der Waals surface area contributed by atoms with Gasteiger partial charge in [0.25, 0.3) is 11.8 Å². The number of rotatable bonds is 5. The fourth-order valence-corrected chi connectivity index (χ4v) is 5.15. The summed E-state index contributed by atoms with van der Waals surface area (Å²) in [5.74, 6) is -6.31. The Bertz CT molecular complexity index is 1250. The quantitative estimate of drug-likeness (QED) is 0.394. The monoisotopic (exact) mass is 497 g/mol. The first kappa shape index (κ1) is 25.0. The van der Waals surface area contributed by atoms with Crippen molar-refractivity contribution in [1.29, 1.82) is 0 Å². The van der Waals surface area contributed by atoms with Crippen molar-refractivity contribution in [3.63, 3.8) is 0 Å². The minimum atomic E-state index is -3.75. The van der Waals surface area contributed by atoms with Gasteiger partial charge < -0.3 is 9.71 Å². The van der Waals surface area contributed by atoms with Crippen LogP contribution >= 0.6 is 11.6 Å². The molecule has 178 valence electrons. The van der Waals surface area contributed by atoms with Gasteiger partial charge in [-0.1, -0.05) is 34.7 Å². The molecule has 2 aromatic carbocycles. The molecule has 1 fully saturated rings. The van der Waals surface area contributed by atoms with Crippen LogP contribution < -0.4 is 16.2 Å². The van der Waals surface area contributed by atoms with Crippen molar-refractivity contribution in [1.82, 2.24) is 15.0 Å². The van der Waals surface area contributed by atoms with E-state index in [1.807, 2.05) is 0 Å². The van der Waals surface area contributed by atoms with E-state index in [4.69, 9.17) is 11.6 Å². The van der Waals surface area contributed by atoms with Gasteiger partial charge >= 0.3 is 5.92 Å². The van der Waals surface area contributed by atoms with Gasteiger partial charge in [0.1, 0.15) is 21.7 Å². The van der Waals surface area contributed by atoms with Crippen molar-refractivity contribution in [3.8, 4) is 0 Å². The normalized spacial score (nSPS) is 17.9. The third kappa shape index (κ3) is 4.59. The molecule has 4 rings (SSSR count). The molecule has 2 aliphatic heterocycles. The predicted molar refractivity (Wildman–Crippen MR) is 133 cm³/mol. The molecule has 13 heteroatoms. The lowest BCUT2D eigenvalue weighted by Crippen LogP contribution is -2.52. The summed E-state index contributed by atoms with van der Waals surface area (Å²) in [6, 6.07) is 6.91. The number of nitrogens with zero attached hydrogens (tertiary/aromatic N) is 2. The number of alkyl halides is 2. The summed E-state index contributed by atoms with van der Waals surface area (Å²) in [6.45, 7) is 0.0608. The van der Waals surface area contributed by atoms with Crippen LogP contribution in [-0.2, 0) is 33.4 Å². The van der Waals surface area contributed by atoms with Crippen LogP contribution in [-0.4, -0.2) is 63.1 Å². The maximum absolute atomic E-state index is 15.2. The van der Waals surface area contributed by atoms with E-state index in [0.717, 1.165) is 4.81 Å². The van der Waals surface area contributed by atoms with Crippen LogP contribution in [0.2, 0.25) is 5.02 Å². The molecule has 0 saturated carbocycles. The molecule has 0 bridgehead atoms. The Kier molecular flexibility index (Phi) is 6.53. The number of fused-ring (bicyclic) bond motifs is 1. The zero-order valence-corrected chi connectivity index (χ0v) is 20.2. The Morgan fingerprint density at radius 2 is 1.83 bits per heavy atom. The molecule has 0 spiro atoms. The second-order valence-electron chi connectivity index (χ2n) is 9.04. The number of halogens is 3. The molecule has 2 aliphatic rings. The lowest BCUT2D eigenvalue weighted by molar-refractivity contribution is -0.154. The second-order valence-corrected chi connectivity index (χ2v) is 9.48. The molecule has 7 nitrogen and oxygen atoms in total. The Morgan fingerprint density at radius 3 is 2.46 bits per heavy atom. The number of carbonyl (C=O) groups is 4. The van der Waals surface area contributed by atoms with E-state index in [1.165, 1.54) is 40.7 Å². The molecular weight excluding hydrogens is 476 g/mol. The Balaban J connectivity index is 1.51. The maximum atomic E-state index is 15.2. The highest BCUT2D eigenvalue weighted by molar-refractivity contribution is 6.43. The SMILES string of the molecule is Bc1cc(Cl)cc(B)c1C(F)(F)C(=O)N(B)Cc1ccc2c(c1)CN(C1CCC(=O)NC1=O)C2=O. The smallest absolute Gasteiger partial charge is 0.347 e. The van der Waals surface area contributed by atoms with Crippen LogP contribution in [0.1, 0.15) is 39.9 Å². The summed E-state index contributed by atoms with van der Waals surface area (Å²) in [4.78, 5) is 51.6. The van der Waals surface area contributed by atoms with Crippen molar-refractivity contribution < 1.29 is 28.0 Å². The average Bonchev–Trinajstić information content (AvgIpc) is 3.07. The van der Waals surface area contributed by atoms with Gasteiger partial charge in [0, 0.05) is 35.7 Å². The van der Waals surface area contributed by atoms with Crippen molar-refractivity contribution in [2.45, 2.75) is 37.9 Å². The van der Waals surface area contributed by atoms with E-state index >= 15 is 8.78 Å². The van der Waals surface area contributed by atoms with Crippen molar-refractivity contribution in [3.05, 3.63) is 57.6 Å². The van der Waals surface area contributed by atoms with Crippen molar-refractivity contribution in [2.24, 2.45) is 0 Å². The van der Waals surface area contributed by atoms with Gasteiger partial charge in [-0.3, -0.25) is 24.5 Å². The zero-order valence-electron chi connectivity index (χ0n) is 19.5. The summed E-state index contributed by atoms with van der Waals surface area (Å²) in [5, 5.41) is 2.57. The number of hydrogen-bond donors (Lipinski definition) is 1. The maximum Gasteiger partial charge on any atom is 0.347 e. The topological polar surface area (TPSA) is 86.8 Å². The first-order valence-corrected chi connectivity index (χ1v) is 11.4. The molecule has 1 unspecified atom stereocenters. The van der Waals surface area contributed by atoms with E-state index in [0.29, 0.717) is 21.7 Å². The third-order valence-electron chi connectivity index (χ3n) is 6.43.